The van der Waals surface area contributed by atoms with Gasteiger partial charge in [-0.3, -0.25) is 9.78 Å². The zero-order valence-electron chi connectivity index (χ0n) is 19.6. The highest BCUT2D eigenvalue weighted by Gasteiger charge is 2.36. The predicted molar refractivity (Wildman–Crippen MR) is 141 cm³/mol. The lowest BCUT2D eigenvalue weighted by atomic mass is 9.76. The van der Waals surface area contributed by atoms with Crippen LogP contribution in [0.1, 0.15) is 85.2 Å². The van der Waals surface area contributed by atoms with E-state index < -0.39 is 0 Å². The quantitative estimate of drug-likeness (QED) is 0.384. The molecule has 2 fully saturated rings. The molecule has 0 spiro atoms. The van der Waals surface area contributed by atoms with Crippen LogP contribution in [0.15, 0.2) is 33.3 Å². The first kappa shape index (κ1) is 23.5. The van der Waals surface area contributed by atoms with Gasteiger partial charge in [-0.2, -0.15) is 0 Å². The van der Waals surface area contributed by atoms with E-state index in [-0.39, 0.29) is 5.92 Å². The van der Waals surface area contributed by atoms with Gasteiger partial charge in [-0.1, -0.05) is 41.3 Å². The molecule has 1 aliphatic heterocycles. The number of aromatic nitrogens is 1. The van der Waals surface area contributed by atoms with Gasteiger partial charge in [0.25, 0.3) is 0 Å². The van der Waals surface area contributed by atoms with Gasteiger partial charge < -0.3 is 4.90 Å². The highest BCUT2D eigenvalue weighted by Crippen LogP contribution is 2.45. The van der Waals surface area contributed by atoms with Gasteiger partial charge in [-0.25, -0.2) is 0 Å². The third kappa shape index (κ3) is 5.10. The molecule has 1 saturated carbocycles. The van der Waals surface area contributed by atoms with Crippen LogP contribution in [0.4, 0.5) is 0 Å². The fourth-order valence-electron chi connectivity index (χ4n) is 6.47. The molecule has 0 radical (unpaired) electrons. The Hall–Kier alpha value is -1.20. The van der Waals surface area contributed by atoms with Crippen LogP contribution in [0.3, 0.4) is 0 Å². The Balaban J connectivity index is 1.38. The Labute approximate surface area is 215 Å². The van der Waals surface area contributed by atoms with Gasteiger partial charge in [0, 0.05) is 40.6 Å². The molecule has 1 saturated heterocycles. The van der Waals surface area contributed by atoms with Gasteiger partial charge >= 0.3 is 0 Å². The zero-order chi connectivity index (χ0) is 22.9. The lowest BCUT2D eigenvalue weighted by Crippen LogP contribution is -2.41. The smallest absolute Gasteiger partial charge is 0.222 e. The SMILES string of the molecule is Cc1cc(Br)c2c(c1)CCc1cc(Br)cnc1[C@@H]2C1CCN(C(=O)CC2CCCCC2)CC1. The number of halogens is 2. The summed E-state index contributed by atoms with van der Waals surface area (Å²) >= 11 is 7.57. The summed E-state index contributed by atoms with van der Waals surface area (Å²) in [4.78, 5) is 20.2. The Kier molecular flexibility index (Phi) is 7.27. The highest BCUT2D eigenvalue weighted by molar-refractivity contribution is 9.10. The fourth-order valence-corrected chi connectivity index (χ4v) is 7.71. The van der Waals surface area contributed by atoms with Crippen LogP contribution < -0.4 is 0 Å². The first-order valence-corrected chi connectivity index (χ1v) is 14.3. The summed E-state index contributed by atoms with van der Waals surface area (Å²) in [6.45, 7) is 3.96. The number of carbonyl (C=O) groups is 1. The van der Waals surface area contributed by atoms with Gasteiger partial charge in [0.05, 0.1) is 5.69 Å². The van der Waals surface area contributed by atoms with E-state index in [9.17, 15) is 4.79 Å². The zero-order valence-corrected chi connectivity index (χ0v) is 22.8. The molecule has 3 aliphatic rings. The molecule has 0 unspecified atom stereocenters. The van der Waals surface area contributed by atoms with E-state index in [1.165, 1.54) is 64.5 Å². The molecule has 3 nitrogen and oxygen atoms in total. The van der Waals surface area contributed by atoms with Gasteiger partial charge in [0.15, 0.2) is 0 Å². The van der Waals surface area contributed by atoms with Crippen molar-refractivity contribution in [1.82, 2.24) is 9.88 Å². The molecular formula is C28H34Br2N2O. The van der Waals surface area contributed by atoms with E-state index in [1.54, 1.807) is 0 Å². The summed E-state index contributed by atoms with van der Waals surface area (Å²) < 4.78 is 2.28. The van der Waals surface area contributed by atoms with Crippen LogP contribution in [0, 0.1) is 18.8 Å². The van der Waals surface area contributed by atoms with Crippen LogP contribution in [0.25, 0.3) is 0 Å². The summed E-state index contributed by atoms with van der Waals surface area (Å²) in [6.07, 6.45) is 13.4. The van der Waals surface area contributed by atoms with E-state index in [0.717, 1.165) is 49.7 Å². The number of hydrogen-bond acceptors (Lipinski definition) is 2. The van der Waals surface area contributed by atoms with Crippen molar-refractivity contribution >= 4 is 37.8 Å². The second-order valence-electron chi connectivity index (χ2n) is 10.4. The summed E-state index contributed by atoms with van der Waals surface area (Å²) in [7, 11) is 0. The van der Waals surface area contributed by atoms with Gasteiger partial charge in [-0.15, -0.1) is 0 Å². The minimum Gasteiger partial charge on any atom is -0.343 e. The number of benzene rings is 1. The third-order valence-electron chi connectivity index (χ3n) is 8.15. The van der Waals surface area contributed by atoms with Gasteiger partial charge in [0.1, 0.15) is 0 Å². The molecule has 5 rings (SSSR count). The number of piperidine rings is 1. The lowest BCUT2D eigenvalue weighted by Gasteiger charge is -2.37. The van der Waals surface area contributed by atoms with Crippen LogP contribution in [0.5, 0.6) is 0 Å². The van der Waals surface area contributed by atoms with Crippen LogP contribution in [-0.2, 0) is 17.6 Å². The molecule has 2 aliphatic carbocycles. The number of aryl methyl sites for hydroxylation is 3. The van der Waals surface area contributed by atoms with Crippen LogP contribution in [-0.4, -0.2) is 28.9 Å². The maximum Gasteiger partial charge on any atom is 0.222 e. The first-order valence-electron chi connectivity index (χ1n) is 12.7. The van der Waals surface area contributed by atoms with Crippen molar-refractivity contribution in [3.8, 4) is 0 Å². The molecule has 1 aromatic heterocycles. The molecule has 0 bridgehead atoms. The molecule has 176 valence electrons. The molecule has 1 amide bonds. The normalized spacial score (nSPS) is 21.9. The Morgan fingerprint density at radius 2 is 1.73 bits per heavy atom. The summed E-state index contributed by atoms with van der Waals surface area (Å²) in [5.74, 6) is 1.80. The van der Waals surface area contributed by atoms with Gasteiger partial charge in [0.2, 0.25) is 5.91 Å². The fraction of sp³-hybridized carbons (Fsp3) is 0.571. The van der Waals surface area contributed by atoms with Crippen molar-refractivity contribution in [3.63, 3.8) is 0 Å². The number of nitrogens with zero attached hydrogens (tertiary/aromatic N) is 2. The van der Waals surface area contributed by atoms with E-state index in [0.29, 0.717) is 17.7 Å². The maximum atomic E-state index is 13.0. The van der Waals surface area contributed by atoms with E-state index >= 15 is 0 Å². The van der Waals surface area contributed by atoms with Crippen molar-refractivity contribution in [2.24, 2.45) is 11.8 Å². The molecule has 1 atom stereocenters. The van der Waals surface area contributed by atoms with E-state index in [2.05, 4.69) is 61.9 Å². The Bertz CT molecular complexity index is 1020. The number of likely N-dealkylation sites (tertiary alicyclic amines) is 1. The van der Waals surface area contributed by atoms with Crippen molar-refractivity contribution < 1.29 is 4.79 Å². The average Bonchev–Trinajstić information content (AvgIpc) is 2.96. The molecule has 5 heteroatoms. The first-order chi connectivity index (χ1) is 16.0. The highest BCUT2D eigenvalue weighted by atomic mass is 79.9. The van der Waals surface area contributed by atoms with Crippen molar-refractivity contribution in [2.45, 2.75) is 77.0 Å². The molecule has 2 aromatic rings. The van der Waals surface area contributed by atoms with Crippen molar-refractivity contribution in [3.05, 3.63) is 61.3 Å². The number of fused-ring (bicyclic) bond motifs is 2. The number of carbonyl (C=O) groups excluding carboxylic acids is 1. The predicted octanol–water partition coefficient (Wildman–Crippen LogP) is 7.35. The molecule has 0 N–H and O–H groups in total. The van der Waals surface area contributed by atoms with Crippen molar-refractivity contribution in [2.75, 3.05) is 13.1 Å². The van der Waals surface area contributed by atoms with Crippen molar-refractivity contribution in [1.29, 1.82) is 0 Å². The second kappa shape index (κ2) is 10.2. The van der Waals surface area contributed by atoms with Crippen LogP contribution in [0.2, 0.25) is 0 Å². The molecular weight excluding hydrogens is 540 g/mol. The van der Waals surface area contributed by atoms with E-state index in [4.69, 9.17) is 4.98 Å². The largest absolute Gasteiger partial charge is 0.343 e. The second-order valence-corrected chi connectivity index (χ2v) is 12.2. The van der Waals surface area contributed by atoms with Gasteiger partial charge in [-0.05, 0) is 108 Å². The average molecular weight is 574 g/mol. The van der Waals surface area contributed by atoms with E-state index in [1.807, 2.05) is 6.20 Å². The third-order valence-corrected chi connectivity index (χ3v) is 9.24. The number of pyridine rings is 1. The number of rotatable bonds is 3. The topological polar surface area (TPSA) is 33.2 Å². The summed E-state index contributed by atoms with van der Waals surface area (Å²) in [6, 6.07) is 6.90. The molecule has 2 heterocycles. The standard InChI is InChI=1S/C28H34Br2N2O/c1-18-13-21-7-8-22-16-23(29)17-31-28(22)27(26(21)24(30)14-18)20-9-11-32(12-10-20)25(33)15-19-5-3-2-4-6-19/h13-14,16-17,19-20,27H,2-12,15H2,1H3/t27-/m1/s1. The van der Waals surface area contributed by atoms with Crippen LogP contribution >= 0.6 is 31.9 Å². The minimum atomic E-state index is 0.288. The monoisotopic (exact) mass is 572 g/mol. The maximum absolute atomic E-state index is 13.0. The Morgan fingerprint density at radius 1 is 1.00 bits per heavy atom. The number of amides is 1. The molecule has 1 aromatic carbocycles. The Morgan fingerprint density at radius 3 is 2.48 bits per heavy atom. The lowest BCUT2D eigenvalue weighted by molar-refractivity contribution is -0.133. The summed E-state index contributed by atoms with van der Waals surface area (Å²) in [5.41, 5.74) is 6.81. The summed E-state index contributed by atoms with van der Waals surface area (Å²) in [5, 5.41) is 0. The number of hydrogen-bond donors (Lipinski definition) is 0. The molecule has 33 heavy (non-hydrogen) atoms. The minimum absolute atomic E-state index is 0.288.